The summed E-state index contributed by atoms with van der Waals surface area (Å²) < 4.78 is 0. The molecule has 1 aromatic carbocycles. The molecule has 0 aliphatic carbocycles. The standard InChI is InChI=1S/C11H15Br/c1-3-9(2)11-7-5-4-6-10(11)8-12/h4-7,9H,3,8H2,1-2H3. The molecular formula is C11H15Br. The zero-order valence-electron chi connectivity index (χ0n) is 7.68. The van der Waals surface area contributed by atoms with Gasteiger partial charge in [0.15, 0.2) is 0 Å². The zero-order chi connectivity index (χ0) is 8.97. The fourth-order valence-electron chi connectivity index (χ4n) is 1.36. The summed E-state index contributed by atoms with van der Waals surface area (Å²) in [6.07, 6.45) is 1.21. The Labute approximate surface area is 83.1 Å². The molecule has 0 aliphatic rings. The lowest BCUT2D eigenvalue weighted by atomic mass is 9.95. The van der Waals surface area contributed by atoms with Crippen molar-refractivity contribution in [2.45, 2.75) is 31.5 Å². The summed E-state index contributed by atoms with van der Waals surface area (Å²) in [7, 11) is 0. The lowest BCUT2D eigenvalue weighted by Crippen LogP contribution is -1.95. The van der Waals surface area contributed by atoms with Crippen molar-refractivity contribution >= 4 is 15.9 Å². The minimum atomic E-state index is 0.679. The molecule has 0 saturated carbocycles. The summed E-state index contributed by atoms with van der Waals surface area (Å²) >= 11 is 3.51. The van der Waals surface area contributed by atoms with Gasteiger partial charge in [0.1, 0.15) is 0 Å². The van der Waals surface area contributed by atoms with Crippen LogP contribution in [0.2, 0.25) is 0 Å². The van der Waals surface area contributed by atoms with Gasteiger partial charge in [-0.05, 0) is 23.5 Å². The molecule has 0 N–H and O–H groups in total. The maximum absolute atomic E-state index is 3.51. The highest BCUT2D eigenvalue weighted by molar-refractivity contribution is 9.08. The first-order valence-corrected chi connectivity index (χ1v) is 5.55. The molecule has 0 nitrogen and oxygen atoms in total. The van der Waals surface area contributed by atoms with Gasteiger partial charge >= 0.3 is 0 Å². The van der Waals surface area contributed by atoms with E-state index in [0.717, 1.165) is 5.33 Å². The third-order valence-electron chi connectivity index (χ3n) is 2.34. The first kappa shape index (κ1) is 9.79. The molecule has 0 aliphatic heterocycles. The van der Waals surface area contributed by atoms with Gasteiger partial charge in [-0.3, -0.25) is 0 Å². The van der Waals surface area contributed by atoms with Crippen molar-refractivity contribution in [2.75, 3.05) is 0 Å². The summed E-state index contributed by atoms with van der Waals surface area (Å²) in [5.74, 6) is 0.679. The molecule has 0 amide bonds. The van der Waals surface area contributed by atoms with Crippen molar-refractivity contribution in [1.82, 2.24) is 0 Å². The van der Waals surface area contributed by atoms with Gasteiger partial charge < -0.3 is 0 Å². The maximum atomic E-state index is 3.51. The third kappa shape index (κ3) is 2.10. The van der Waals surface area contributed by atoms with E-state index in [1.54, 1.807) is 0 Å². The van der Waals surface area contributed by atoms with E-state index in [9.17, 15) is 0 Å². The number of alkyl halides is 1. The maximum Gasteiger partial charge on any atom is 0.0285 e. The third-order valence-corrected chi connectivity index (χ3v) is 2.95. The summed E-state index contributed by atoms with van der Waals surface area (Å²) in [5, 5.41) is 0.966. The highest BCUT2D eigenvalue weighted by Gasteiger charge is 2.06. The number of halogens is 1. The van der Waals surface area contributed by atoms with Crippen LogP contribution in [-0.4, -0.2) is 0 Å². The molecule has 66 valence electrons. The Bertz CT molecular complexity index is 243. The first-order valence-electron chi connectivity index (χ1n) is 4.43. The predicted molar refractivity (Wildman–Crippen MR) is 57.8 cm³/mol. The Hall–Kier alpha value is -0.300. The molecule has 1 heteroatoms. The highest BCUT2D eigenvalue weighted by Crippen LogP contribution is 2.23. The van der Waals surface area contributed by atoms with Gasteiger partial charge in [-0.15, -0.1) is 0 Å². The van der Waals surface area contributed by atoms with Gasteiger partial charge in [0.05, 0.1) is 0 Å². The molecule has 0 bridgehead atoms. The average Bonchev–Trinajstić information content (AvgIpc) is 2.16. The van der Waals surface area contributed by atoms with Crippen molar-refractivity contribution in [3.8, 4) is 0 Å². The fourth-order valence-corrected chi connectivity index (χ4v) is 1.87. The quantitative estimate of drug-likeness (QED) is 0.682. The Morgan fingerprint density at radius 2 is 2.00 bits per heavy atom. The van der Waals surface area contributed by atoms with Gasteiger partial charge in [0, 0.05) is 5.33 Å². The number of hydrogen-bond donors (Lipinski definition) is 0. The average molecular weight is 227 g/mol. The Morgan fingerprint density at radius 3 is 2.58 bits per heavy atom. The fraction of sp³-hybridized carbons (Fsp3) is 0.455. The highest BCUT2D eigenvalue weighted by atomic mass is 79.9. The van der Waals surface area contributed by atoms with Crippen molar-refractivity contribution in [2.24, 2.45) is 0 Å². The molecule has 1 unspecified atom stereocenters. The second kappa shape index (κ2) is 4.66. The van der Waals surface area contributed by atoms with Crippen molar-refractivity contribution < 1.29 is 0 Å². The Morgan fingerprint density at radius 1 is 1.33 bits per heavy atom. The molecule has 0 heterocycles. The van der Waals surface area contributed by atoms with Gasteiger partial charge in [-0.2, -0.15) is 0 Å². The Balaban J connectivity index is 2.96. The monoisotopic (exact) mass is 226 g/mol. The van der Waals surface area contributed by atoms with Gasteiger partial charge in [0.2, 0.25) is 0 Å². The molecule has 1 atom stereocenters. The van der Waals surface area contributed by atoms with Crippen LogP contribution in [0, 0.1) is 0 Å². The van der Waals surface area contributed by atoms with E-state index in [1.807, 2.05) is 0 Å². The molecule has 1 aromatic rings. The molecule has 0 aromatic heterocycles. The van der Waals surface area contributed by atoms with Crippen molar-refractivity contribution in [3.63, 3.8) is 0 Å². The summed E-state index contributed by atoms with van der Waals surface area (Å²) in [4.78, 5) is 0. The minimum absolute atomic E-state index is 0.679. The van der Waals surface area contributed by atoms with Crippen LogP contribution in [0.4, 0.5) is 0 Å². The van der Waals surface area contributed by atoms with Gasteiger partial charge in [-0.25, -0.2) is 0 Å². The SMILES string of the molecule is CCC(C)c1ccccc1CBr. The first-order chi connectivity index (χ1) is 5.79. The number of benzene rings is 1. The molecular weight excluding hydrogens is 212 g/mol. The summed E-state index contributed by atoms with van der Waals surface area (Å²) in [6.45, 7) is 4.51. The largest absolute Gasteiger partial charge is 0.0876 e. The van der Waals surface area contributed by atoms with Crippen LogP contribution >= 0.6 is 15.9 Å². The minimum Gasteiger partial charge on any atom is -0.0876 e. The second-order valence-corrected chi connectivity index (χ2v) is 3.70. The number of rotatable bonds is 3. The van der Waals surface area contributed by atoms with Crippen LogP contribution in [0.25, 0.3) is 0 Å². The van der Waals surface area contributed by atoms with Crippen LogP contribution in [0.5, 0.6) is 0 Å². The second-order valence-electron chi connectivity index (χ2n) is 3.14. The molecule has 0 saturated heterocycles. The van der Waals surface area contributed by atoms with Crippen molar-refractivity contribution in [3.05, 3.63) is 35.4 Å². The van der Waals surface area contributed by atoms with E-state index in [-0.39, 0.29) is 0 Å². The number of hydrogen-bond acceptors (Lipinski definition) is 0. The van der Waals surface area contributed by atoms with Crippen LogP contribution in [0.15, 0.2) is 24.3 Å². The summed E-state index contributed by atoms with van der Waals surface area (Å²) in [6, 6.07) is 8.64. The van der Waals surface area contributed by atoms with E-state index in [4.69, 9.17) is 0 Å². The van der Waals surface area contributed by atoms with E-state index in [1.165, 1.54) is 17.5 Å². The van der Waals surface area contributed by atoms with Crippen molar-refractivity contribution in [1.29, 1.82) is 0 Å². The molecule has 12 heavy (non-hydrogen) atoms. The lowest BCUT2D eigenvalue weighted by Gasteiger charge is -2.12. The normalized spacial score (nSPS) is 12.9. The van der Waals surface area contributed by atoms with Gasteiger partial charge in [0.25, 0.3) is 0 Å². The zero-order valence-corrected chi connectivity index (χ0v) is 9.26. The van der Waals surface area contributed by atoms with Crippen LogP contribution < -0.4 is 0 Å². The van der Waals surface area contributed by atoms with Crippen LogP contribution in [0.1, 0.15) is 37.3 Å². The summed E-state index contributed by atoms with van der Waals surface area (Å²) in [5.41, 5.74) is 2.91. The van der Waals surface area contributed by atoms with E-state index in [2.05, 4.69) is 54.0 Å². The van der Waals surface area contributed by atoms with E-state index in [0.29, 0.717) is 5.92 Å². The lowest BCUT2D eigenvalue weighted by molar-refractivity contribution is 0.728. The topological polar surface area (TPSA) is 0 Å². The molecule has 0 radical (unpaired) electrons. The van der Waals surface area contributed by atoms with Gasteiger partial charge in [-0.1, -0.05) is 54.0 Å². The molecule has 0 spiro atoms. The molecule has 1 rings (SSSR count). The molecule has 0 fully saturated rings. The predicted octanol–water partition coefficient (Wildman–Crippen LogP) is 4.10. The van der Waals surface area contributed by atoms with Crippen LogP contribution in [0.3, 0.4) is 0 Å². The van der Waals surface area contributed by atoms with Crippen LogP contribution in [-0.2, 0) is 5.33 Å². The Kier molecular flexibility index (Phi) is 3.80. The smallest absolute Gasteiger partial charge is 0.0285 e. The van der Waals surface area contributed by atoms with E-state index < -0.39 is 0 Å². The van der Waals surface area contributed by atoms with E-state index >= 15 is 0 Å².